The predicted molar refractivity (Wildman–Crippen MR) is 202 cm³/mol. The van der Waals surface area contributed by atoms with Crippen molar-refractivity contribution in [1.82, 2.24) is 4.90 Å². The predicted octanol–water partition coefficient (Wildman–Crippen LogP) is 14.1. The van der Waals surface area contributed by atoms with Crippen LogP contribution in [0.15, 0.2) is 0 Å². The molecule has 0 saturated heterocycles. The number of hydrogen-bond donors (Lipinski definition) is 0. The molecule has 0 bridgehead atoms. The van der Waals surface area contributed by atoms with E-state index in [2.05, 4.69) is 32.3 Å². The van der Waals surface area contributed by atoms with Crippen LogP contribution in [0.1, 0.15) is 213 Å². The summed E-state index contributed by atoms with van der Waals surface area (Å²) in [6.07, 6.45) is 50.8. The van der Waals surface area contributed by atoms with Crippen LogP contribution in [0.25, 0.3) is 0 Å². The minimum atomic E-state index is -0.902. The zero-order valence-electron chi connectivity index (χ0n) is 30.4. The molecule has 0 rings (SSSR count). The van der Waals surface area contributed by atoms with E-state index in [1.165, 1.54) is 225 Å². The molecule has 1 unspecified atom stereocenters. The first-order chi connectivity index (χ1) is 20.6. The Kier molecular flexibility index (Phi) is 34.4. The number of nitrogens with zero attached hydrogens (tertiary/aromatic N) is 1. The lowest BCUT2D eigenvalue weighted by atomic mass is 10.1. The molecule has 1 atom stereocenters. The second kappa shape index (κ2) is 34.1. The fourth-order valence-electron chi connectivity index (χ4n) is 6.55. The van der Waals surface area contributed by atoms with E-state index < -0.39 is 6.89 Å². The van der Waals surface area contributed by atoms with E-state index >= 15 is 0 Å². The Bertz CT molecular complexity index is 522. The maximum atomic E-state index is 4.72. The van der Waals surface area contributed by atoms with Crippen molar-refractivity contribution in [3.63, 3.8) is 0 Å². The van der Waals surface area contributed by atoms with E-state index in [-0.39, 0.29) is 0 Å². The molecule has 0 amide bonds. The molecule has 0 spiro atoms. The zero-order valence-corrected chi connectivity index (χ0v) is 31.2. The van der Waals surface area contributed by atoms with Crippen molar-refractivity contribution in [3.8, 4) is 0 Å². The van der Waals surface area contributed by atoms with Gasteiger partial charge in [0.1, 0.15) is 0 Å². The van der Waals surface area contributed by atoms with Crippen LogP contribution in [0.3, 0.4) is 0 Å². The molecule has 0 aliphatic heterocycles. The van der Waals surface area contributed by atoms with Crippen LogP contribution < -0.4 is 0 Å². The maximum absolute atomic E-state index is 4.72. The van der Waals surface area contributed by atoms with Gasteiger partial charge in [-0.2, -0.15) is 0 Å². The third-order valence-electron chi connectivity index (χ3n) is 9.63. The molecule has 254 valence electrons. The van der Waals surface area contributed by atoms with E-state index in [1.807, 2.05) is 0 Å². The number of unbranched alkanes of at least 4 members (excludes halogenated alkanes) is 26. The Morgan fingerprint density at radius 1 is 0.333 bits per heavy atom. The third kappa shape index (κ3) is 33.2. The van der Waals surface area contributed by atoms with Gasteiger partial charge in [-0.15, -0.1) is 13.2 Å². The molecule has 42 heavy (non-hydrogen) atoms. The molecule has 0 aromatic rings. The van der Waals surface area contributed by atoms with Crippen LogP contribution in [-0.4, -0.2) is 49.8 Å². The largest absolute Gasteiger partial charge is 0.303 e. The summed E-state index contributed by atoms with van der Waals surface area (Å²) in [6, 6.07) is 0. The molecule has 0 saturated carbocycles. The minimum Gasteiger partial charge on any atom is -0.303 e. The Hall–Kier alpha value is 0.260. The summed E-state index contributed by atoms with van der Waals surface area (Å²) in [5.41, 5.74) is 0. The fraction of sp³-hybridized carbons (Fsp3) is 0.975. The Morgan fingerprint density at radius 2 is 0.548 bits per heavy atom. The number of rotatable bonds is 36. The van der Waals surface area contributed by atoms with Gasteiger partial charge in [0, 0.05) is 0 Å². The molecule has 0 radical (unpaired) electrons. The molecule has 1 nitrogen and oxygen atoms in total. The first kappa shape index (κ1) is 42.3. The summed E-state index contributed by atoms with van der Waals surface area (Å²) in [5, 5.41) is 0. The molecular formula is C40H84NP. The molecule has 0 aromatic heterocycles. The van der Waals surface area contributed by atoms with Crippen molar-refractivity contribution in [2.45, 2.75) is 213 Å². The lowest BCUT2D eigenvalue weighted by molar-refractivity contribution is 0.254. The molecule has 0 aliphatic carbocycles. The first-order valence-electron chi connectivity index (χ1n) is 20.0. The van der Waals surface area contributed by atoms with E-state index in [0.717, 1.165) is 0 Å². The summed E-state index contributed by atoms with van der Waals surface area (Å²) in [5.74, 6) is 0. The zero-order chi connectivity index (χ0) is 30.8. The Morgan fingerprint density at radius 3 is 0.810 bits per heavy atom. The van der Waals surface area contributed by atoms with Gasteiger partial charge >= 0.3 is 0 Å². The van der Waals surface area contributed by atoms with Gasteiger partial charge in [0.25, 0.3) is 0 Å². The normalized spacial score (nSPS) is 13.3. The minimum absolute atomic E-state index is 0.902. The lowest BCUT2D eigenvalue weighted by Crippen LogP contribution is -2.27. The van der Waals surface area contributed by atoms with Gasteiger partial charge < -0.3 is 4.90 Å². The van der Waals surface area contributed by atoms with Gasteiger partial charge in [-0.1, -0.05) is 181 Å². The summed E-state index contributed by atoms with van der Waals surface area (Å²) >= 11 is 0. The van der Waals surface area contributed by atoms with Crippen molar-refractivity contribution in [1.29, 1.82) is 0 Å². The van der Waals surface area contributed by atoms with Gasteiger partial charge in [-0.3, -0.25) is 0 Å². The summed E-state index contributed by atoms with van der Waals surface area (Å²) in [6.45, 7) is 12.6. The summed E-state index contributed by atoms with van der Waals surface area (Å²) in [4.78, 5) is 2.85. The van der Waals surface area contributed by atoms with Crippen molar-refractivity contribution >= 4 is 13.2 Å². The monoisotopic (exact) mass is 610 g/mol. The van der Waals surface area contributed by atoms with Crippen LogP contribution >= 0.6 is 6.89 Å². The quantitative estimate of drug-likeness (QED) is 0.0504. The van der Waals surface area contributed by atoms with Crippen LogP contribution in [0, 0.1) is 0 Å². The lowest BCUT2D eigenvalue weighted by Gasteiger charge is -2.23. The molecule has 2 heteroatoms. The molecule has 0 aromatic carbocycles. The van der Waals surface area contributed by atoms with Crippen LogP contribution in [0.2, 0.25) is 0 Å². The van der Waals surface area contributed by atoms with E-state index in [4.69, 9.17) is 6.30 Å². The third-order valence-corrected chi connectivity index (χ3v) is 12.4. The van der Waals surface area contributed by atoms with Gasteiger partial charge in [-0.05, 0) is 70.7 Å². The SMILES string of the molecule is C=P(C)(CCCCCCCCCC)CCCCCCN(CCCCCCCCCCC)CCCCCCCCCCC. The standard InChI is InChI=1S/C40H84NP/c1-6-9-12-15-18-21-23-26-31-36-41(37-32-27-24-22-19-16-13-10-7-2)38-33-28-30-35-40-42(4,5)39-34-29-25-20-17-14-11-8-3/h4,6-40H2,1-3,5H3. The van der Waals surface area contributed by atoms with Crippen LogP contribution in [-0.2, 0) is 0 Å². The second-order valence-corrected chi connectivity index (χ2v) is 18.6. The fourth-order valence-corrected chi connectivity index (χ4v) is 8.75. The highest BCUT2D eigenvalue weighted by Crippen LogP contribution is 2.42. The van der Waals surface area contributed by atoms with E-state index in [9.17, 15) is 0 Å². The van der Waals surface area contributed by atoms with Crippen molar-refractivity contribution in [2.75, 3.05) is 38.6 Å². The maximum Gasteiger partial charge on any atom is -0.00187 e. The van der Waals surface area contributed by atoms with Crippen molar-refractivity contribution in [3.05, 3.63) is 0 Å². The molecule has 0 fully saturated rings. The molecular weight excluding hydrogens is 525 g/mol. The Labute approximate surface area is 269 Å². The smallest absolute Gasteiger partial charge is 0.00187 e. The average Bonchev–Trinajstić information content (AvgIpc) is 2.98. The second-order valence-electron chi connectivity index (χ2n) is 14.5. The first-order valence-corrected chi connectivity index (χ1v) is 22.8. The van der Waals surface area contributed by atoms with E-state index in [0.29, 0.717) is 0 Å². The van der Waals surface area contributed by atoms with E-state index in [1.54, 1.807) is 0 Å². The summed E-state index contributed by atoms with van der Waals surface area (Å²) in [7, 11) is 0. The van der Waals surface area contributed by atoms with Crippen molar-refractivity contribution < 1.29 is 0 Å². The molecule has 0 aliphatic rings. The highest BCUT2D eigenvalue weighted by Gasteiger charge is 2.08. The average molecular weight is 610 g/mol. The molecule has 0 N–H and O–H groups in total. The van der Waals surface area contributed by atoms with Crippen LogP contribution in [0.5, 0.6) is 0 Å². The Balaban J connectivity index is 4.04. The van der Waals surface area contributed by atoms with Gasteiger partial charge in [0.15, 0.2) is 0 Å². The van der Waals surface area contributed by atoms with Gasteiger partial charge in [0.05, 0.1) is 0 Å². The summed E-state index contributed by atoms with van der Waals surface area (Å²) < 4.78 is 0. The molecule has 0 heterocycles. The topological polar surface area (TPSA) is 3.24 Å². The highest BCUT2D eigenvalue weighted by atomic mass is 31.2. The van der Waals surface area contributed by atoms with Crippen LogP contribution in [0.4, 0.5) is 0 Å². The van der Waals surface area contributed by atoms with Gasteiger partial charge in [0.2, 0.25) is 0 Å². The van der Waals surface area contributed by atoms with Crippen molar-refractivity contribution in [2.24, 2.45) is 0 Å². The highest BCUT2D eigenvalue weighted by molar-refractivity contribution is 7.73. The van der Waals surface area contributed by atoms with Gasteiger partial charge in [-0.25, -0.2) is 0 Å². The number of hydrogen-bond acceptors (Lipinski definition) is 1.